The topological polar surface area (TPSA) is 63.6 Å². The molecule has 0 aliphatic heterocycles. The van der Waals surface area contributed by atoms with Gasteiger partial charge in [-0.3, -0.25) is 9.59 Å². The van der Waals surface area contributed by atoms with Crippen LogP contribution < -0.4 is 0 Å². The van der Waals surface area contributed by atoms with Crippen LogP contribution in [0, 0.1) is 0 Å². The Morgan fingerprint density at radius 3 is 1.38 bits per heavy atom. The van der Waals surface area contributed by atoms with Gasteiger partial charge in [-0.25, -0.2) is 0 Å². The van der Waals surface area contributed by atoms with Crippen molar-refractivity contribution in [2.45, 2.75) is 168 Å². The van der Waals surface area contributed by atoms with Gasteiger partial charge in [0.25, 0.3) is 0 Å². The maximum atomic E-state index is 12.1. The largest absolute Gasteiger partial charge is 0.481 e. The molecule has 0 spiro atoms. The van der Waals surface area contributed by atoms with Crippen LogP contribution >= 0.6 is 0 Å². The minimum Gasteiger partial charge on any atom is -0.481 e. The molecule has 0 rings (SSSR count). The number of ether oxygens (including phenoxy) is 1. The van der Waals surface area contributed by atoms with E-state index in [1.54, 1.807) is 0 Å². The van der Waals surface area contributed by atoms with E-state index in [0.717, 1.165) is 25.7 Å². The van der Waals surface area contributed by atoms with Crippen molar-refractivity contribution in [2.24, 2.45) is 0 Å². The van der Waals surface area contributed by atoms with Gasteiger partial charge in [0, 0.05) is 6.42 Å². The Morgan fingerprint density at radius 1 is 0.594 bits per heavy atom. The van der Waals surface area contributed by atoms with Gasteiger partial charge in [-0.05, 0) is 19.3 Å². The summed E-state index contributed by atoms with van der Waals surface area (Å²) in [5, 5.41) is 9.13. The van der Waals surface area contributed by atoms with Crippen LogP contribution in [0.1, 0.15) is 162 Å². The van der Waals surface area contributed by atoms with E-state index in [1.165, 1.54) is 103 Å². The highest BCUT2D eigenvalue weighted by molar-refractivity contribution is 5.71. The molecule has 4 heteroatoms. The quantitative estimate of drug-likeness (QED) is 0.110. The third kappa shape index (κ3) is 23.6. The highest BCUT2D eigenvalue weighted by atomic mass is 16.5. The first-order valence-electron chi connectivity index (χ1n) is 14.0. The molecule has 1 N–H and O–H groups in total. The number of hydrogen-bond acceptors (Lipinski definition) is 3. The summed E-state index contributed by atoms with van der Waals surface area (Å²) in [6.07, 6.45) is 25.4. The molecule has 1 atom stereocenters. The summed E-state index contributed by atoms with van der Waals surface area (Å²) in [4.78, 5) is 23.3. The van der Waals surface area contributed by atoms with Crippen molar-refractivity contribution in [1.29, 1.82) is 0 Å². The number of rotatable bonds is 25. The second kappa shape index (κ2) is 24.6. The highest BCUT2D eigenvalue weighted by Crippen LogP contribution is 2.16. The van der Waals surface area contributed by atoms with Gasteiger partial charge in [-0.2, -0.15) is 0 Å². The van der Waals surface area contributed by atoms with E-state index >= 15 is 0 Å². The predicted molar refractivity (Wildman–Crippen MR) is 135 cm³/mol. The molecule has 0 radical (unpaired) electrons. The molecule has 1 unspecified atom stereocenters. The third-order valence-corrected chi connectivity index (χ3v) is 6.31. The second-order valence-electron chi connectivity index (χ2n) is 9.61. The fraction of sp³-hybridized carbons (Fsp3) is 0.929. The van der Waals surface area contributed by atoms with Crippen LogP contribution in [0.5, 0.6) is 0 Å². The Morgan fingerprint density at radius 2 is 0.969 bits per heavy atom. The Labute approximate surface area is 199 Å². The van der Waals surface area contributed by atoms with Gasteiger partial charge in [0.1, 0.15) is 6.10 Å². The average Bonchev–Trinajstić information content (AvgIpc) is 2.75. The van der Waals surface area contributed by atoms with Crippen LogP contribution in [-0.2, 0) is 14.3 Å². The van der Waals surface area contributed by atoms with Crippen LogP contribution in [0.2, 0.25) is 0 Å². The minimum absolute atomic E-state index is 0.0683. The zero-order chi connectivity index (χ0) is 23.7. The van der Waals surface area contributed by atoms with E-state index in [0.29, 0.717) is 12.8 Å². The van der Waals surface area contributed by atoms with E-state index in [9.17, 15) is 9.59 Å². The number of unbranched alkanes of at least 4 members (excludes halogenated alkanes) is 18. The summed E-state index contributed by atoms with van der Waals surface area (Å²) in [5.41, 5.74) is 0. The molecule has 0 aromatic heterocycles. The van der Waals surface area contributed by atoms with Crippen LogP contribution in [-0.4, -0.2) is 23.1 Å². The molecule has 0 amide bonds. The molecule has 0 bridgehead atoms. The molecule has 0 heterocycles. The zero-order valence-electron chi connectivity index (χ0n) is 21.5. The highest BCUT2D eigenvalue weighted by Gasteiger charge is 2.17. The maximum Gasteiger partial charge on any atom is 0.307 e. The molecule has 0 fully saturated rings. The summed E-state index contributed by atoms with van der Waals surface area (Å²) in [5.74, 6) is -1.10. The first kappa shape index (κ1) is 30.9. The molecule has 0 aliphatic carbocycles. The Hall–Kier alpha value is -1.06. The number of esters is 1. The van der Waals surface area contributed by atoms with E-state index < -0.39 is 12.1 Å². The smallest absolute Gasteiger partial charge is 0.307 e. The SMILES string of the molecule is CCCCCCCCCCCCC(=O)OC(CCCCCCCCCCCC)CC(=O)O. The van der Waals surface area contributed by atoms with Crippen molar-refractivity contribution in [3.05, 3.63) is 0 Å². The lowest BCUT2D eigenvalue weighted by atomic mass is 10.0. The van der Waals surface area contributed by atoms with Crippen molar-refractivity contribution >= 4 is 11.9 Å². The molecule has 32 heavy (non-hydrogen) atoms. The van der Waals surface area contributed by atoms with Gasteiger partial charge >= 0.3 is 11.9 Å². The van der Waals surface area contributed by atoms with Gasteiger partial charge in [-0.1, -0.05) is 129 Å². The number of hydrogen-bond donors (Lipinski definition) is 1. The van der Waals surface area contributed by atoms with E-state index in [1.807, 2.05) is 0 Å². The van der Waals surface area contributed by atoms with Crippen molar-refractivity contribution < 1.29 is 19.4 Å². The standard InChI is InChI=1S/C28H54O4/c1-3-5-7-9-11-13-15-17-19-21-23-26(25-27(29)30)32-28(31)24-22-20-18-16-14-12-10-8-6-4-2/h26H,3-25H2,1-2H3,(H,29,30). The molecule has 0 aromatic carbocycles. The van der Waals surface area contributed by atoms with Crippen LogP contribution in [0.4, 0.5) is 0 Å². The summed E-state index contributed by atoms with van der Waals surface area (Å²) in [7, 11) is 0. The normalized spacial score (nSPS) is 12.1. The van der Waals surface area contributed by atoms with Gasteiger partial charge in [-0.15, -0.1) is 0 Å². The Bertz CT molecular complexity index is 422. The van der Waals surface area contributed by atoms with Crippen LogP contribution in [0.15, 0.2) is 0 Å². The van der Waals surface area contributed by atoms with Gasteiger partial charge in [0.15, 0.2) is 0 Å². The van der Waals surface area contributed by atoms with Gasteiger partial charge < -0.3 is 9.84 Å². The number of carbonyl (C=O) groups is 2. The molecule has 0 saturated heterocycles. The fourth-order valence-electron chi connectivity index (χ4n) is 4.26. The number of carboxylic acids is 1. The number of carbonyl (C=O) groups excluding carboxylic acids is 1. The van der Waals surface area contributed by atoms with Crippen molar-refractivity contribution in [1.82, 2.24) is 0 Å². The summed E-state index contributed by atoms with van der Waals surface area (Å²) >= 11 is 0. The summed E-state index contributed by atoms with van der Waals surface area (Å²) in [6, 6.07) is 0. The average molecular weight is 455 g/mol. The van der Waals surface area contributed by atoms with E-state index in [-0.39, 0.29) is 12.4 Å². The van der Waals surface area contributed by atoms with Crippen molar-refractivity contribution in [3.63, 3.8) is 0 Å². The first-order chi connectivity index (χ1) is 15.6. The zero-order valence-corrected chi connectivity index (χ0v) is 21.5. The Balaban J connectivity index is 3.72. The van der Waals surface area contributed by atoms with Crippen molar-refractivity contribution in [2.75, 3.05) is 0 Å². The predicted octanol–water partition coefficient (Wildman–Crippen LogP) is 8.99. The Kier molecular flexibility index (Phi) is 23.8. The number of carboxylic acid groups (broad SMARTS) is 1. The molecule has 0 aromatic rings. The first-order valence-corrected chi connectivity index (χ1v) is 14.0. The number of aliphatic carboxylic acids is 1. The maximum absolute atomic E-state index is 12.1. The van der Waals surface area contributed by atoms with E-state index in [2.05, 4.69) is 13.8 Å². The lowest BCUT2D eigenvalue weighted by Gasteiger charge is -2.16. The molecular weight excluding hydrogens is 400 g/mol. The third-order valence-electron chi connectivity index (χ3n) is 6.31. The van der Waals surface area contributed by atoms with Gasteiger partial charge in [0.05, 0.1) is 6.42 Å². The molecule has 190 valence electrons. The van der Waals surface area contributed by atoms with Crippen LogP contribution in [0.25, 0.3) is 0 Å². The minimum atomic E-state index is -0.881. The van der Waals surface area contributed by atoms with Gasteiger partial charge in [0.2, 0.25) is 0 Å². The monoisotopic (exact) mass is 454 g/mol. The molecule has 0 aliphatic rings. The fourth-order valence-corrected chi connectivity index (χ4v) is 4.26. The van der Waals surface area contributed by atoms with Crippen molar-refractivity contribution in [3.8, 4) is 0 Å². The lowest BCUT2D eigenvalue weighted by molar-refractivity contribution is -0.153. The summed E-state index contributed by atoms with van der Waals surface area (Å²) in [6.45, 7) is 4.49. The molecule has 4 nitrogen and oxygen atoms in total. The lowest BCUT2D eigenvalue weighted by Crippen LogP contribution is -2.21. The summed E-state index contributed by atoms with van der Waals surface area (Å²) < 4.78 is 5.51. The molecule has 0 saturated carbocycles. The molecular formula is C28H54O4. The second-order valence-corrected chi connectivity index (χ2v) is 9.61. The van der Waals surface area contributed by atoms with E-state index in [4.69, 9.17) is 9.84 Å². The van der Waals surface area contributed by atoms with Crippen LogP contribution in [0.3, 0.4) is 0 Å².